The number of nitrogens with one attached hydrogen (secondary N) is 3. The third-order valence-electron chi connectivity index (χ3n) is 5.17. The number of nitrogens with zero attached hydrogens (tertiary/aromatic N) is 2. The number of nitrogen functional groups attached to an aromatic ring is 1. The molecule has 2 aromatic heterocycles. The fourth-order valence-electron chi connectivity index (χ4n) is 3.34. The molecule has 0 aliphatic heterocycles. The standard InChI is InChI=1S/C26H24N6O4/c27-23-22(26(35)29-12-11-28-25(34)21-10-5-13-36-21)32-20(16-30-23)18-8-4-9-19(14-18)24(33)31-15-17-6-2-1-3-7-17/h1-10,13-14,16H,11-12,15H2,(H2,27,30)(H,28,34)(H,29,35)(H,31,33). The summed E-state index contributed by atoms with van der Waals surface area (Å²) in [6.45, 7) is 0.726. The second-order valence-corrected chi connectivity index (χ2v) is 7.73. The Balaban J connectivity index is 1.38. The number of carbonyl (C=O) groups excluding carboxylic acids is 3. The molecule has 2 heterocycles. The largest absolute Gasteiger partial charge is 0.459 e. The summed E-state index contributed by atoms with van der Waals surface area (Å²) in [6.07, 6.45) is 2.84. The minimum absolute atomic E-state index is 0.0346. The van der Waals surface area contributed by atoms with E-state index in [-0.39, 0.29) is 42.2 Å². The molecule has 0 saturated heterocycles. The molecule has 36 heavy (non-hydrogen) atoms. The maximum absolute atomic E-state index is 12.6. The van der Waals surface area contributed by atoms with Crippen LogP contribution in [0.15, 0.2) is 83.6 Å². The molecule has 0 aliphatic carbocycles. The van der Waals surface area contributed by atoms with E-state index < -0.39 is 5.91 Å². The third kappa shape index (κ3) is 6.11. The summed E-state index contributed by atoms with van der Waals surface area (Å²) in [5, 5.41) is 8.16. The number of hydrogen-bond donors (Lipinski definition) is 4. The van der Waals surface area contributed by atoms with Crippen LogP contribution in [0.5, 0.6) is 0 Å². The van der Waals surface area contributed by atoms with E-state index in [0.29, 0.717) is 23.4 Å². The van der Waals surface area contributed by atoms with Crippen molar-refractivity contribution in [3.8, 4) is 11.3 Å². The highest BCUT2D eigenvalue weighted by atomic mass is 16.3. The molecule has 0 fully saturated rings. The summed E-state index contributed by atoms with van der Waals surface area (Å²) >= 11 is 0. The summed E-state index contributed by atoms with van der Waals surface area (Å²) in [4.78, 5) is 45.6. The lowest BCUT2D eigenvalue weighted by Gasteiger charge is -2.10. The van der Waals surface area contributed by atoms with E-state index in [2.05, 4.69) is 25.9 Å². The van der Waals surface area contributed by atoms with Crippen LogP contribution < -0.4 is 21.7 Å². The van der Waals surface area contributed by atoms with Crippen molar-refractivity contribution in [1.29, 1.82) is 0 Å². The van der Waals surface area contributed by atoms with Crippen LogP contribution in [0.25, 0.3) is 11.3 Å². The van der Waals surface area contributed by atoms with E-state index in [4.69, 9.17) is 10.2 Å². The molecule has 4 rings (SSSR count). The Hall–Kier alpha value is -4.99. The predicted octanol–water partition coefficient (Wildman–Crippen LogP) is 2.41. The Labute approximate surface area is 207 Å². The second kappa shape index (κ2) is 11.4. The van der Waals surface area contributed by atoms with Crippen LogP contribution in [0.1, 0.15) is 37.0 Å². The van der Waals surface area contributed by atoms with Crippen LogP contribution in [0, 0.1) is 0 Å². The molecule has 0 saturated carbocycles. The fourth-order valence-corrected chi connectivity index (χ4v) is 3.34. The first-order chi connectivity index (χ1) is 17.5. The highest BCUT2D eigenvalue weighted by molar-refractivity contribution is 5.97. The van der Waals surface area contributed by atoms with Gasteiger partial charge < -0.3 is 26.1 Å². The smallest absolute Gasteiger partial charge is 0.287 e. The van der Waals surface area contributed by atoms with Crippen LogP contribution in [0.2, 0.25) is 0 Å². The highest BCUT2D eigenvalue weighted by Gasteiger charge is 2.16. The van der Waals surface area contributed by atoms with E-state index in [1.54, 1.807) is 30.3 Å². The number of furan rings is 1. The maximum Gasteiger partial charge on any atom is 0.287 e. The molecule has 2 aromatic carbocycles. The zero-order valence-corrected chi connectivity index (χ0v) is 19.2. The van der Waals surface area contributed by atoms with Gasteiger partial charge in [-0.3, -0.25) is 14.4 Å². The van der Waals surface area contributed by atoms with Crippen molar-refractivity contribution in [2.75, 3.05) is 18.8 Å². The number of amides is 3. The molecule has 10 nitrogen and oxygen atoms in total. The summed E-state index contributed by atoms with van der Waals surface area (Å²) in [5.74, 6) is -1.01. The van der Waals surface area contributed by atoms with Gasteiger partial charge in [0.1, 0.15) is 0 Å². The van der Waals surface area contributed by atoms with Gasteiger partial charge in [-0.25, -0.2) is 9.97 Å². The topological polar surface area (TPSA) is 152 Å². The minimum Gasteiger partial charge on any atom is -0.459 e. The summed E-state index contributed by atoms with van der Waals surface area (Å²) in [5.41, 5.74) is 8.25. The number of aromatic nitrogens is 2. The Bertz CT molecular complexity index is 1360. The first-order valence-corrected chi connectivity index (χ1v) is 11.2. The third-order valence-corrected chi connectivity index (χ3v) is 5.17. The SMILES string of the molecule is Nc1ncc(-c2cccc(C(=O)NCc3ccccc3)c2)nc1C(=O)NCCNC(=O)c1ccco1. The number of anilines is 1. The summed E-state index contributed by atoms with van der Waals surface area (Å²) in [7, 11) is 0. The number of carbonyl (C=O) groups is 3. The van der Waals surface area contributed by atoms with Gasteiger partial charge >= 0.3 is 0 Å². The van der Waals surface area contributed by atoms with Gasteiger partial charge in [0, 0.05) is 30.8 Å². The van der Waals surface area contributed by atoms with E-state index >= 15 is 0 Å². The molecule has 5 N–H and O–H groups in total. The Morgan fingerprint density at radius 1 is 0.833 bits per heavy atom. The highest BCUT2D eigenvalue weighted by Crippen LogP contribution is 2.20. The van der Waals surface area contributed by atoms with Gasteiger partial charge in [-0.2, -0.15) is 0 Å². The van der Waals surface area contributed by atoms with Gasteiger partial charge in [-0.05, 0) is 29.8 Å². The van der Waals surface area contributed by atoms with Crippen LogP contribution >= 0.6 is 0 Å². The molecule has 0 bridgehead atoms. The number of rotatable bonds is 9. The average molecular weight is 485 g/mol. The maximum atomic E-state index is 12.6. The van der Waals surface area contributed by atoms with Gasteiger partial charge in [0.25, 0.3) is 17.7 Å². The van der Waals surface area contributed by atoms with E-state index in [9.17, 15) is 14.4 Å². The van der Waals surface area contributed by atoms with Crippen molar-refractivity contribution >= 4 is 23.5 Å². The molecule has 0 atom stereocenters. The summed E-state index contributed by atoms with van der Waals surface area (Å²) in [6, 6.07) is 19.6. The molecule has 10 heteroatoms. The quantitative estimate of drug-likeness (QED) is 0.266. The molecular formula is C26H24N6O4. The number of nitrogens with two attached hydrogens (primary N) is 1. The van der Waals surface area contributed by atoms with Gasteiger partial charge in [-0.1, -0.05) is 42.5 Å². The predicted molar refractivity (Wildman–Crippen MR) is 133 cm³/mol. The van der Waals surface area contributed by atoms with E-state index in [0.717, 1.165) is 5.56 Å². The van der Waals surface area contributed by atoms with Crippen molar-refractivity contribution in [2.24, 2.45) is 0 Å². The lowest BCUT2D eigenvalue weighted by molar-refractivity contribution is 0.0909. The van der Waals surface area contributed by atoms with Gasteiger partial charge in [0.05, 0.1) is 18.2 Å². The lowest BCUT2D eigenvalue weighted by Crippen LogP contribution is -2.35. The molecule has 182 valence electrons. The normalized spacial score (nSPS) is 10.4. The zero-order chi connectivity index (χ0) is 25.3. The number of benzene rings is 2. The first kappa shape index (κ1) is 24.1. The molecule has 0 aliphatic rings. The molecule has 3 amide bonds. The van der Waals surface area contributed by atoms with Crippen LogP contribution in [-0.2, 0) is 6.54 Å². The van der Waals surface area contributed by atoms with Crippen molar-refractivity contribution in [2.45, 2.75) is 6.54 Å². The lowest BCUT2D eigenvalue weighted by atomic mass is 10.1. The first-order valence-electron chi connectivity index (χ1n) is 11.2. The van der Waals surface area contributed by atoms with Crippen molar-refractivity contribution in [1.82, 2.24) is 25.9 Å². The number of hydrogen-bond acceptors (Lipinski definition) is 7. The minimum atomic E-state index is -0.536. The monoisotopic (exact) mass is 484 g/mol. The van der Waals surface area contributed by atoms with Crippen LogP contribution in [0.4, 0.5) is 5.82 Å². The molecule has 0 spiro atoms. The zero-order valence-electron chi connectivity index (χ0n) is 19.2. The van der Waals surface area contributed by atoms with E-state index in [1.807, 2.05) is 30.3 Å². The van der Waals surface area contributed by atoms with Crippen molar-refractivity contribution in [3.63, 3.8) is 0 Å². The molecule has 4 aromatic rings. The van der Waals surface area contributed by atoms with Gasteiger partial charge in [0.15, 0.2) is 17.3 Å². The van der Waals surface area contributed by atoms with Gasteiger partial charge in [-0.15, -0.1) is 0 Å². The van der Waals surface area contributed by atoms with Gasteiger partial charge in [0.2, 0.25) is 0 Å². The van der Waals surface area contributed by atoms with Crippen LogP contribution in [0.3, 0.4) is 0 Å². The Morgan fingerprint density at radius 3 is 2.36 bits per heavy atom. The van der Waals surface area contributed by atoms with Crippen LogP contribution in [-0.4, -0.2) is 40.8 Å². The van der Waals surface area contributed by atoms with Crippen molar-refractivity contribution in [3.05, 3.63) is 102 Å². The molecule has 0 unspecified atom stereocenters. The molecular weight excluding hydrogens is 460 g/mol. The Morgan fingerprint density at radius 2 is 1.61 bits per heavy atom. The van der Waals surface area contributed by atoms with E-state index in [1.165, 1.54) is 18.5 Å². The summed E-state index contributed by atoms with van der Waals surface area (Å²) < 4.78 is 5.01. The second-order valence-electron chi connectivity index (χ2n) is 7.73. The molecule has 0 radical (unpaired) electrons. The van der Waals surface area contributed by atoms with Crippen molar-refractivity contribution < 1.29 is 18.8 Å². The average Bonchev–Trinajstić information content (AvgIpc) is 3.46. The fraction of sp³-hybridized carbons (Fsp3) is 0.115. The Kier molecular flexibility index (Phi) is 7.66.